The highest BCUT2D eigenvalue weighted by Crippen LogP contribution is 2.11. The minimum atomic E-state index is -0.338. The number of rotatable bonds is 8. The summed E-state index contributed by atoms with van der Waals surface area (Å²) >= 11 is 0. The molecule has 7 heteroatoms. The average Bonchev–Trinajstić information content (AvgIpc) is 3.29. The van der Waals surface area contributed by atoms with Crippen LogP contribution in [0.25, 0.3) is 0 Å². The smallest absolute Gasteiger partial charge is 0.337 e. The molecule has 0 radical (unpaired) electrons. The van der Waals surface area contributed by atoms with Gasteiger partial charge in [-0.15, -0.1) is 0 Å². The third kappa shape index (κ3) is 6.94. The van der Waals surface area contributed by atoms with Crippen LogP contribution >= 0.6 is 0 Å². The minimum Gasteiger partial charge on any atom is -0.469 e. The lowest BCUT2D eigenvalue weighted by atomic mass is 10.1. The number of nitrogens with one attached hydrogen (secondary N) is 2. The summed E-state index contributed by atoms with van der Waals surface area (Å²) in [4.78, 5) is 16.2. The van der Waals surface area contributed by atoms with Crippen LogP contribution in [0.3, 0.4) is 0 Å². The van der Waals surface area contributed by atoms with Gasteiger partial charge in [-0.3, -0.25) is 0 Å². The molecule has 1 aromatic heterocycles. The molecule has 1 atom stereocenters. The first kappa shape index (κ1) is 20.9. The predicted molar refractivity (Wildman–Crippen MR) is 111 cm³/mol. The zero-order chi connectivity index (χ0) is 20.3. The second kappa shape index (κ2) is 11.3. The molecule has 156 valence electrons. The van der Waals surface area contributed by atoms with Crippen molar-refractivity contribution in [2.75, 3.05) is 26.8 Å². The molecule has 0 bridgehead atoms. The number of carbonyl (C=O) groups is 1. The molecule has 2 heterocycles. The number of furan rings is 1. The number of carbonyl (C=O) groups excluding carboxylic acids is 1. The molecule has 0 spiro atoms. The van der Waals surface area contributed by atoms with Crippen molar-refractivity contribution in [2.45, 2.75) is 38.3 Å². The van der Waals surface area contributed by atoms with Crippen LogP contribution in [0.5, 0.6) is 0 Å². The lowest BCUT2D eigenvalue weighted by molar-refractivity contribution is 0.0194. The van der Waals surface area contributed by atoms with Gasteiger partial charge in [-0.05, 0) is 49.1 Å². The molecule has 1 unspecified atom stereocenters. The number of hydrogen-bond acceptors (Lipinski definition) is 5. The molecular weight excluding hydrogens is 370 g/mol. The van der Waals surface area contributed by atoms with Crippen molar-refractivity contribution in [3.63, 3.8) is 0 Å². The van der Waals surface area contributed by atoms with E-state index >= 15 is 0 Å². The Kier molecular flexibility index (Phi) is 8.12. The number of hydrogen-bond donors (Lipinski definition) is 2. The average molecular weight is 399 g/mol. The monoisotopic (exact) mass is 399 g/mol. The molecule has 1 fully saturated rings. The maximum Gasteiger partial charge on any atom is 0.337 e. The fourth-order valence-corrected chi connectivity index (χ4v) is 3.15. The summed E-state index contributed by atoms with van der Waals surface area (Å²) in [5.41, 5.74) is 1.54. The van der Waals surface area contributed by atoms with Crippen molar-refractivity contribution in [1.29, 1.82) is 0 Å². The molecule has 1 aliphatic rings. The van der Waals surface area contributed by atoms with Crippen molar-refractivity contribution < 1.29 is 18.7 Å². The van der Waals surface area contributed by atoms with Crippen molar-refractivity contribution in [2.24, 2.45) is 4.99 Å². The highest BCUT2D eigenvalue weighted by Gasteiger charge is 2.14. The van der Waals surface area contributed by atoms with Gasteiger partial charge in [0.1, 0.15) is 5.76 Å². The van der Waals surface area contributed by atoms with Crippen molar-refractivity contribution in [1.82, 2.24) is 10.6 Å². The number of ether oxygens (including phenoxy) is 2. The molecule has 0 aliphatic carbocycles. The summed E-state index contributed by atoms with van der Waals surface area (Å²) < 4.78 is 15.9. The van der Waals surface area contributed by atoms with Gasteiger partial charge in [0.15, 0.2) is 5.96 Å². The first-order chi connectivity index (χ1) is 14.2. The summed E-state index contributed by atoms with van der Waals surface area (Å²) in [5, 5.41) is 6.74. The predicted octanol–water partition coefficient (Wildman–Crippen LogP) is 2.91. The maximum absolute atomic E-state index is 11.6. The third-order valence-corrected chi connectivity index (χ3v) is 4.81. The lowest BCUT2D eigenvalue weighted by Crippen LogP contribution is -2.43. The maximum atomic E-state index is 11.6. The van der Waals surface area contributed by atoms with Crippen LogP contribution in [0, 0.1) is 0 Å². The van der Waals surface area contributed by atoms with Crippen LogP contribution < -0.4 is 10.6 Å². The van der Waals surface area contributed by atoms with E-state index < -0.39 is 0 Å². The molecule has 29 heavy (non-hydrogen) atoms. The molecule has 1 saturated heterocycles. The highest BCUT2D eigenvalue weighted by atomic mass is 16.5. The van der Waals surface area contributed by atoms with Gasteiger partial charge in [0.05, 0.1) is 31.6 Å². The molecule has 2 aromatic rings. The van der Waals surface area contributed by atoms with E-state index in [4.69, 9.17) is 13.9 Å². The summed E-state index contributed by atoms with van der Waals surface area (Å²) in [7, 11) is 1.38. The summed E-state index contributed by atoms with van der Waals surface area (Å²) in [6, 6.07) is 11.1. The lowest BCUT2D eigenvalue weighted by Gasteiger charge is -2.23. The number of benzene rings is 1. The van der Waals surface area contributed by atoms with Crippen LogP contribution in [0.15, 0.2) is 52.1 Å². The van der Waals surface area contributed by atoms with Gasteiger partial charge in [0, 0.05) is 26.1 Å². The Morgan fingerprint density at radius 3 is 2.76 bits per heavy atom. The molecular formula is C22H29N3O4. The third-order valence-electron chi connectivity index (χ3n) is 4.81. The molecule has 0 amide bonds. The van der Waals surface area contributed by atoms with E-state index in [1.807, 2.05) is 24.3 Å². The Morgan fingerprint density at radius 1 is 1.21 bits per heavy atom. The van der Waals surface area contributed by atoms with Gasteiger partial charge in [-0.2, -0.15) is 0 Å². The number of esters is 1. The minimum absolute atomic E-state index is 0.222. The SMILES string of the molecule is COC(=O)c1ccc(CN=C(NCCc2ccco2)NCC2CCCCO2)cc1. The van der Waals surface area contributed by atoms with Gasteiger partial charge >= 0.3 is 5.97 Å². The van der Waals surface area contributed by atoms with Crippen LogP contribution in [0.1, 0.15) is 40.9 Å². The quantitative estimate of drug-likeness (QED) is 0.403. The van der Waals surface area contributed by atoms with E-state index in [0.29, 0.717) is 18.7 Å². The normalized spacial score (nSPS) is 17.0. The van der Waals surface area contributed by atoms with Gasteiger partial charge in [0.2, 0.25) is 0 Å². The van der Waals surface area contributed by atoms with Gasteiger partial charge in [-0.25, -0.2) is 9.79 Å². The molecule has 1 aromatic carbocycles. The van der Waals surface area contributed by atoms with Crippen molar-refractivity contribution >= 4 is 11.9 Å². The fraction of sp³-hybridized carbons (Fsp3) is 0.455. The summed E-state index contributed by atoms with van der Waals surface area (Å²) in [5.74, 6) is 1.34. The Hall–Kier alpha value is -2.80. The molecule has 3 rings (SSSR count). The zero-order valence-corrected chi connectivity index (χ0v) is 16.9. The zero-order valence-electron chi connectivity index (χ0n) is 16.9. The Balaban J connectivity index is 1.56. The second-order valence-electron chi connectivity index (χ2n) is 6.98. The number of aliphatic imine (C=N–C) groups is 1. The van der Waals surface area contributed by atoms with E-state index in [2.05, 4.69) is 15.6 Å². The molecule has 7 nitrogen and oxygen atoms in total. The van der Waals surface area contributed by atoms with E-state index in [1.54, 1.807) is 18.4 Å². The molecule has 0 saturated carbocycles. The highest BCUT2D eigenvalue weighted by molar-refractivity contribution is 5.89. The largest absolute Gasteiger partial charge is 0.469 e. The summed E-state index contributed by atoms with van der Waals surface area (Å²) in [6.07, 6.45) is 6.10. The van der Waals surface area contributed by atoms with Crippen molar-refractivity contribution in [3.8, 4) is 0 Å². The first-order valence-electron chi connectivity index (χ1n) is 10.1. The Labute approximate surface area is 171 Å². The van der Waals surface area contributed by atoms with E-state index in [9.17, 15) is 4.79 Å². The van der Waals surface area contributed by atoms with E-state index in [0.717, 1.165) is 49.7 Å². The molecule has 1 aliphatic heterocycles. The van der Waals surface area contributed by atoms with Gasteiger partial charge in [0.25, 0.3) is 0 Å². The van der Waals surface area contributed by atoms with Gasteiger partial charge < -0.3 is 24.5 Å². The van der Waals surface area contributed by atoms with Crippen LogP contribution in [-0.4, -0.2) is 44.8 Å². The standard InChI is InChI=1S/C22H29N3O4/c1-27-21(26)18-9-7-17(8-10-18)15-24-22(23-12-11-19-6-4-14-28-19)25-16-20-5-2-3-13-29-20/h4,6-10,14,20H,2-3,5,11-13,15-16H2,1H3,(H2,23,24,25). The number of guanidine groups is 1. The second-order valence-corrected chi connectivity index (χ2v) is 6.98. The Bertz CT molecular complexity index is 766. The van der Waals surface area contributed by atoms with Crippen LogP contribution in [0.4, 0.5) is 0 Å². The number of nitrogens with zero attached hydrogens (tertiary/aromatic N) is 1. The topological polar surface area (TPSA) is 85.1 Å². The molecule has 2 N–H and O–H groups in total. The number of methoxy groups -OCH3 is 1. The first-order valence-corrected chi connectivity index (χ1v) is 10.1. The van der Waals surface area contributed by atoms with Gasteiger partial charge in [-0.1, -0.05) is 12.1 Å². The van der Waals surface area contributed by atoms with E-state index in [-0.39, 0.29) is 12.1 Å². The van der Waals surface area contributed by atoms with Crippen molar-refractivity contribution in [3.05, 3.63) is 59.5 Å². The fourth-order valence-electron chi connectivity index (χ4n) is 3.15. The van der Waals surface area contributed by atoms with E-state index in [1.165, 1.54) is 13.5 Å². The Morgan fingerprint density at radius 2 is 2.07 bits per heavy atom. The summed E-state index contributed by atoms with van der Waals surface area (Å²) in [6.45, 7) is 2.78. The van der Waals surface area contributed by atoms with Crippen LogP contribution in [-0.2, 0) is 22.4 Å². The van der Waals surface area contributed by atoms with Crippen LogP contribution in [0.2, 0.25) is 0 Å².